The number of amides is 1. The maximum atomic E-state index is 12.4. The summed E-state index contributed by atoms with van der Waals surface area (Å²) in [6, 6.07) is 0. The molecule has 5 nitrogen and oxygen atoms in total. The number of nitrogens with zero attached hydrogens (tertiary/aromatic N) is 1. The van der Waals surface area contributed by atoms with Gasteiger partial charge in [-0.05, 0) is 38.5 Å². The molecule has 2 aliphatic rings. The Labute approximate surface area is 113 Å². The molecule has 0 radical (unpaired) electrons. The first-order chi connectivity index (χ1) is 9.09. The molecule has 0 aromatic rings. The summed E-state index contributed by atoms with van der Waals surface area (Å²) in [5.41, 5.74) is -0.761. The molecule has 5 heteroatoms. The van der Waals surface area contributed by atoms with Crippen molar-refractivity contribution in [1.29, 1.82) is 0 Å². The van der Waals surface area contributed by atoms with Crippen molar-refractivity contribution in [2.24, 2.45) is 5.41 Å². The lowest BCUT2D eigenvalue weighted by molar-refractivity contribution is -0.159. The highest BCUT2D eigenvalue weighted by Crippen LogP contribution is 2.34. The first-order valence-electron chi connectivity index (χ1n) is 7.23. The third-order valence-electron chi connectivity index (χ3n) is 4.47. The molecule has 0 bridgehead atoms. The van der Waals surface area contributed by atoms with Crippen LogP contribution in [0.25, 0.3) is 0 Å². The second-order valence-electron chi connectivity index (χ2n) is 5.66. The fraction of sp³-hybridized carbons (Fsp3) is 0.857. The third-order valence-corrected chi connectivity index (χ3v) is 4.47. The van der Waals surface area contributed by atoms with Gasteiger partial charge in [-0.15, -0.1) is 0 Å². The minimum atomic E-state index is -0.780. The van der Waals surface area contributed by atoms with Crippen molar-refractivity contribution < 1.29 is 19.4 Å². The maximum Gasteiger partial charge on any atom is 0.311 e. The van der Waals surface area contributed by atoms with Crippen LogP contribution in [-0.2, 0) is 14.3 Å². The zero-order chi connectivity index (χ0) is 13.9. The van der Waals surface area contributed by atoms with E-state index in [4.69, 9.17) is 4.74 Å². The van der Waals surface area contributed by atoms with Crippen LogP contribution in [0.4, 0.5) is 0 Å². The molecule has 2 fully saturated rings. The highest BCUT2D eigenvalue weighted by Gasteiger charge is 2.43. The number of carboxylic acids is 1. The van der Waals surface area contributed by atoms with E-state index in [9.17, 15) is 14.7 Å². The fourth-order valence-corrected chi connectivity index (χ4v) is 3.07. The van der Waals surface area contributed by atoms with Crippen LogP contribution in [0, 0.1) is 5.41 Å². The molecule has 19 heavy (non-hydrogen) atoms. The number of carboxylic acid groups (broad SMARTS) is 1. The average molecular weight is 269 g/mol. The van der Waals surface area contributed by atoms with Crippen LogP contribution in [0.2, 0.25) is 0 Å². The van der Waals surface area contributed by atoms with E-state index in [1.165, 1.54) is 0 Å². The molecule has 1 amide bonds. The van der Waals surface area contributed by atoms with E-state index in [1.807, 2.05) is 6.92 Å². The Morgan fingerprint density at radius 1 is 1.37 bits per heavy atom. The lowest BCUT2D eigenvalue weighted by atomic mass is 9.77. The maximum absolute atomic E-state index is 12.4. The average Bonchev–Trinajstić information content (AvgIpc) is 2.47. The van der Waals surface area contributed by atoms with Crippen molar-refractivity contribution in [3.63, 3.8) is 0 Å². The second kappa shape index (κ2) is 5.90. The molecule has 0 aliphatic carbocycles. The first kappa shape index (κ1) is 14.3. The van der Waals surface area contributed by atoms with E-state index < -0.39 is 11.4 Å². The van der Waals surface area contributed by atoms with E-state index in [0.717, 1.165) is 25.7 Å². The highest BCUT2D eigenvalue weighted by atomic mass is 16.5. The van der Waals surface area contributed by atoms with Crippen molar-refractivity contribution >= 4 is 11.9 Å². The van der Waals surface area contributed by atoms with E-state index in [1.54, 1.807) is 4.90 Å². The summed E-state index contributed by atoms with van der Waals surface area (Å²) in [5, 5.41) is 9.43. The molecule has 0 aromatic heterocycles. The van der Waals surface area contributed by atoms with Crippen molar-refractivity contribution in [2.75, 3.05) is 19.7 Å². The first-order valence-corrected chi connectivity index (χ1v) is 7.23. The van der Waals surface area contributed by atoms with Gasteiger partial charge in [-0.1, -0.05) is 6.92 Å². The van der Waals surface area contributed by atoms with Crippen LogP contribution in [-0.4, -0.2) is 47.7 Å². The summed E-state index contributed by atoms with van der Waals surface area (Å²) >= 11 is 0. The fourth-order valence-electron chi connectivity index (χ4n) is 3.07. The minimum Gasteiger partial charge on any atom is -0.481 e. The Hall–Kier alpha value is -1.10. The van der Waals surface area contributed by atoms with Gasteiger partial charge in [-0.3, -0.25) is 9.59 Å². The van der Waals surface area contributed by atoms with Gasteiger partial charge in [0.25, 0.3) is 5.91 Å². The summed E-state index contributed by atoms with van der Waals surface area (Å²) < 4.78 is 5.52. The van der Waals surface area contributed by atoms with Crippen LogP contribution >= 0.6 is 0 Å². The molecular weight excluding hydrogens is 246 g/mol. The molecule has 1 N–H and O–H groups in total. The van der Waals surface area contributed by atoms with Gasteiger partial charge in [-0.25, -0.2) is 0 Å². The number of rotatable bonds is 3. The Morgan fingerprint density at radius 2 is 2.16 bits per heavy atom. The Kier molecular flexibility index (Phi) is 4.45. The molecule has 2 saturated heterocycles. The number of carbonyl (C=O) groups excluding carboxylic acids is 1. The SMILES string of the molecule is CCC1(C(=O)O)CCCN(C(=O)C2CCCCO2)C1. The van der Waals surface area contributed by atoms with Gasteiger partial charge in [0, 0.05) is 19.7 Å². The molecule has 108 valence electrons. The number of hydrogen-bond acceptors (Lipinski definition) is 3. The van der Waals surface area contributed by atoms with Crippen molar-refractivity contribution in [2.45, 2.75) is 51.6 Å². The number of carbonyl (C=O) groups is 2. The second-order valence-corrected chi connectivity index (χ2v) is 5.66. The Balaban J connectivity index is 2.03. The lowest BCUT2D eigenvalue weighted by Crippen LogP contribution is -2.52. The van der Waals surface area contributed by atoms with E-state index >= 15 is 0 Å². The Morgan fingerprint density at radius 3 is 2.74 bits per heavy atom. The van der Waals surface area contributed by atoms with Crippen LogP contribution in [0.5, 0.6) is 0 Å². The van der Waals surface area contributed by atoms with Crippen LogP contribution in [0.1, 0.15) is 45.4 Å². The highest BCUT2D eigenvalue weighted by molar-refractivity contribution is 5.83. The summed E-state index contributed by atoms with van der Waals surface area (Å²) in [7, 11) is 0. The van der Waals surface area contributed by atoms with Gasteiger partial charge in [0.2, 0.25) is 0 Å². The molecule has 2 rings (SSSR count). The summed E-state index contributed by atoms with van der Waals surface area (Å²) in [6.45, 7) is 3.52. The van der Waals surface area contributed by atoms with E-state index in [-0.39, 0.29) is 12.0 Å². The van der Waals surface area contributed by atoms with Crippen LogP contribution in [0.15, 0.2) is 0 Å². The molecule has 0 saturated carbocycles. The van der Waals surface area contributed by atoms with Crippen LogP contribution < -0.4 is 0 Å². The lowest BCUT2D eigenvalue weighted by Gasteiger charge is -2.41. The van der Waals surface area contributed by atoms with Gasteiger partial charge in [0.1, 0.15) is 6.10 Å². The number of likely N-dealkylation sites (tertiary alicyclic amines) is 1. The number of piperidine rings is 1. The topological polar surface area (TPSA) is 66.8 Å². The van der Waals surface area contributed by atoms with Crippen molar-refractivity contribution in [3.8, 4) is 0 Å². The van der Waals surface area contributed by atoms with Crippen molar-refractivity contribution in [1.82, 2.24) is 4.90 Å². The molecule has 2 heterocycles. The number of hydrogen-bond donors (Lipinski definition) is 1. The molecule has 2 atom stereocenters. The van der Waals surface area contributed by atoms with Gasteiger partial charge < -0.3 is 14.7 Å². The third kappa shape index (κ3) is 2.91. The van der Waals surface area contributed by atoms with Gasteiger partial charge in [-0.2, -0.15) is 0 Å². The monoisotopic (exact) mass is 269 g/mol. The zero-order valence-corrected chi connectivity index (χ0v) is 11.6. The quantitative estimate of drug-likeness (QED) is 0.846. The van der Waals surface area contributed by atoms with Gasteiger partial charge >= 0.3 is 5.97 Å². The predicted molar refractivity (Wildman–Crippen MR) is 69.8 cm³/mol. The van der Waals surface area contributed by atoms with Crippen LogP contribution in [0.3, 0.4) is 0 Å². The Bertz CT molecular complexity index is 351. The number of ether oxygens (including phenoxy) is 1. The van der Waals surface area contributed by atoms with Crippen molar-refractivity contribution in [3.05, 3.63) is 0 Å². The molecule has 2 aliphatic heterocycles. The molecule has 2 unspecified atom stereocenters. The minimum absolute atomic E-state index is 0.0153. The normalized spacial score (nSPS) is 32.1. The summed E-state index contributed by atoms with van der Waals surface area (Å²) in [4.78, 5) is 25.6. The molecular formula is C14H23NO4. The van der Waals surface area contributed by atoms with E-state index in [0.29, 0.717) is 32.5 Å². The van der Waals surface area contributed by atoms with Gasteiger partial charge in [0.15, 0.2) is 0 Å². The standard InChI is InChI=1S/C14H23NO4/c1-2-14(13(17)18)7-5-8-15(10-14)12(16)11-6-3-4-9-19-11/h11H,2-10H2,1H3,(H,17,18). The molecule has 0 spiro atoms. The van der Waals surface area contributed by atoms with Gasteiger partial charge in [0.05, 0.1) is 5.41 Å². The predicted octanol–water partition coefficient (Wildman–Crippen LogP) is 1.66. The zero-order valence-electron chi connectivity index (χ0n) is 11.6. The summed E-state index contributed by atoms with van der Waals surface area (Å²) in [6.07, 6.45) is 4.43. The largest absolute Gasteiger partial charge is 0.481 e. The molecule has 0 aromatic carbocycles. The van der Waals surface area contributed by atoms with E-state index in [2.05, 4.69) is 0 Å². The summed E-state index contributed by atoms with van der Waals surface area (Å²) in [5.74, 6) is -0.796. The smallest absolute Gasteiger partial charge is 0.311 e. The number of aliphatic carboxylic acids is 1.